The maximum atomic E-state index is 10.9. The van der Waals surface area contributed by atoms with Crippen LogP contribution in [0.4, 0.5) is 11.5 Å². The minimum absolute atomic E-state index is 0.0185. The first-order valence-corrected chi connectivity index (χ1v) is 11.0. The maximum absolute atomic E-state index is 10.9. The Morgan fingerprint density at radius 2 is 1.90 bits per heavy atom. The average molecular weight is 422 g/mol. The lowest BCUT2D eigenvalue weighted by molar-refractivity contribution is -0.136. The van der Waals surface area contributed by atoms with Crippen molar-refractivity contribution in [3.8, 4) is 10.7 Å². The van der Waals surface area contributed by atoms with Crippen LogP contribution < -0.4 is 5.32 Å². The summed E-state index contributed by atoms with van der Waals surface area (Å²) in [5, 5.41) is 12.3. The molecule has 2 heterocycles. The van der Waals surface area contributed by atoms with Crippen LogP contribution in [0.5, 0.6) is 0 Å². The highest BCUT2D eigenvalue weighted by atomic mass is 32.1. The van der Waals surface area contributed by atoms with Crippen molar-refractivity contribution in [2.45, 2.75) is 46.5 Å². The minimum Gasteiger partial charge on any atom is -0.481 e. The molecule has 5 nitrogen and oxygen atoms in total. The van der Waals surface area contributed by atoms with Crippen LogP contribution >= 0.6 is 11.3 Å². The van der Waals surface area contributed by atoms with Crippen molar-refractivity contribution in [1.29, 1.82) is 0 Å². The number of hydrogen-bond donors (Lipinski definition) is 2. The quantitative estimate of drug-likeness (QED) is 0.426. The number of unbranched alkanes of at least 4 members (excludes halogenated alkanes) is 1. The molecule has 0 unspecified atom stereocenters. The molecule has 0 radical (unpaired) electrons. The molecule has 2 N–H and O–H groups in total. The number of allylic oxidation sites excluding steroid dienone is 1. The normalized spacial score (nSPS) is 11.2. The number of anilines is 2. The maximum Gasteiger partial charge on any atom is 0.307 e. The fourth-order valence-corrected chi connectivity index (χ4v) is 4.05. The molecular weight excluding hydrogens is 394 g/mol. The Morgan fingerprint density at radius 3 is 2.57 bits per heavy atom. The van der Waals surface area contributed by atoms with E-state index in [-0.39, 0.29) is 6.42 Å². The van der Waals surface area contributed by atoms with E-state index in [9.17, 15) is 4.79 Å². The van der Waals surface area contributed by atoms with Crippen LogP contribution in [0, 0.1) is 6.92 Å². The first-order chi connectivity index (χ1) is 14.5. The van der Waals surface area contributed by atoms with Crippen LogP contribution in [0.15, 0.2) is 42.5 Å². The van der Waals surface area contributed by atoms with Gasteiger partial charge in [0.15, 0.2) is 5.82 Å². The van der Waals surface area contributed by atoms with Crippen LogP contribution in [-0.2, 0) is 17.6 Å². The molecule has 156 valence electrons. The number of thiophene rings is 1. The van der Waals surface area contributed by atoms with Crippen LogP contribution in [-0.4, -0.2) is 21.0 Å². The molecular formula is C24H27N3O2S. The van der Waals surface area contributed by atoms with Gasteiger partial charge < -0.3 is 10.4 Å². The fraction of sp³-hybridized carbons (Fsp3) is 0.292. The Morgan fingerprint density at radius 1 is 1.13 bits per heavy atom. The molecule has 6 heteroatoms. The molecule has 3 rings (SSSR count). The summed E-state index contributed by atoms with van der Waals surface area (Å²) >= 11 is 1.69. The Balaban J connectivity index is 1.87. The van der Waals surface area contributed by atoms with E-state index in [1.165, 1.54) is 4.88 Å². The number of nitrogens with one attached hydrogen (secondary N) is 1. The van der Waals surface area contributed by atoms with Crippen molar-refractivity contribution in [2.24, 2.45) is 0 Å². The number of hydrogen-bond acceptors (Lipinski definition) is 5. The number of carbonyl (C=O) groups is 1. The third-order valence-electron chi connectivity index (χ3n) is 4.72. The zero-order valence-corrected chi connectivity index (χ0v) is 18.4. The van der Waals surface area contributed by atoms with Gasteiger partial charge in [-0.2, -0.15) is 0 Å². The van der Waals surface area contributed by atoms with Crippen molar-refractivity contribution in [3.63, 3.8) is 0 Å². The topological polar surface area (TPSA) is 75.1 Å². The van der Waals surface area contributed by atoms with Crippen molar-refractivity contribution in [3.05, 3.63) is 64.2 Å². The van der Waals surface area contributed by atoms with Crippen LogP contribution in [0.2, 0.25) is 0 Å². The molecule has 0 atom stereocenters. The summed E-state index contributed by atoms with van der Waals surface area (Å²) in [6.07, 6.45) is 7.41. The van der Waals surface area contributed by atoms with E-state index in [1.54, 1.807) is 11.3 Å². The average Bonchev–Trinajstić information content (AvgIpc) is 3.18. The standard InChI is InChI=1S/C24H27N3O2S/c1-4-6-7-8-19-13-14-21(30-19)24-25-16(3)20(5-2)23(27-24)26-18-11-9-17(10-12-18)15-22(28)29/h7-14H,4-6,15H2,1-3H3,(H,28,29)(H,25,26,27). The molecule has 0 aliphatic rings. The van der Waals surface area contributed by atoms with E-state index in [4.69, 9.17) is 15.1 Å². The van der Waals surface area contributed by atoms with Gasteiger partial charge in [0.2, 0.25) is 0 Å². The third-order valence-corrected chi connectivity index (χ3v) is 5.77. The number of benzene rings is 1. The van der Waals surface area contributed by atoms with Gasteiger partial charge in [0.05, 0.1) is 11.3 Å². The van der Waals surface area contributed by atoms with E-state index in [0.717, 1.165) is 58.3 Å². The smallest absolute Gasteiger partial charge is 0.307 e. The largest absolute Gasteiger partial charge is 0.481 e. The van der Waals surface area contributed by atoms with E-state index in [2.05, 4.69) is 43.4 Å². The molecule has 0 aliphatic carbocycles. The summed E-state index contributed by atoms with van der Waals surface area (Å²) in [6.45, 7) is 6.28. The molecule has 2 aromatic heterocycles. The summed E-state index contributed by atoms with van der Waals surface area (Å²) in [6, 6.07) is 11.6. The van der Waals surface area contributed by atoms with Gasteiger partial charge in [-0.15, -0.1) is 11.3 Å². The monoisotopic (exact) mass is 421 g/mol. The number of aromatic nitrogens is 2. The second kappa shape index (κ2) is 10.2. The lowest BCUT2D eigenvalue weighted by atomic mass is 10.1. The minimum atomic E-state index is -0.833. The van der Waals surface area contributed by atoms with Gasteiger partial charge in [0.25, 0.3) is 0 Å². The Hall–Kier alpha value is -2.99. The molecule has 0 aliphatic heterocycles. The molecule has 0 saturated carbocycles. The van der Waals surface area contributed by atoms with Gasteiger partial charge in [0.1, 0.15) is 5.82 Å². The Labute approximate surface area is 181 Å². The highest BCUT2D eigenvalue weighted by Crippen LogP contribution is 2.30. The third kappa shape index (κ3) is 5.54. The second-order valence-corrected chi connectivity index (χ2v) is 8.21. The predicted octanol–water partition coefficient (Wildman–Crippen LogP) is 6.26. The number of carboxylic acid groups (broad SMARTS) is 1. The number of aliphatic carboxylic acids is 1. The van der Waals surface area contributed by atoms with E-state index >= 15 is 0 Å². The van der Waals surface area contributed by atoms with E-state index < -0.39 is 5.97 Å². The Kier molecular flexibility index (Phi) is 7.36. The van der Waals surface area contributed by atoms with Crippen molar-refractivity contribution in [2.75, 3.05) is 5.32 Å². The highest BCUT2D eigenvalue weighted by molar-refractivity contribution is 7.16. The molecule has 0 saturated heterocycles. The summed E-state index contributed by atoms with van der Waals surface area (Å²) < 4.78 is 0. The van der Waals surface area contributed by atoms with Crippen LogP contribution in [0.1, 0.15) is 48.4 Å². The lowest BCUT2D eigenvalue weighted by Crippen LogP contribution is -2.05. The summed E-state index contributed by atoms with van der Waals surface area (Å²) in [4.78, 5) is 22.7. The highest BCUT2D eigenvalue weighted by Gasteiger charge is 2.13. The van der Waals surface area contributed by atoms with Crippen molar-refractivity contribution >= 4 is 34.9 Å². The number of aryl methyl sites for hydroxylation is 1. The Bertz CT molecular complexity index is 1040. The molecule has 3 aromatic rings. The van der Waals surface area contributed by atoms with E-state index in [0.29, 0.717) is 0 Å². The van der Waals surface area contributed by atoms with Gasteiger partial charge in [-0.3, -0.25) is 4.79 Å². The number of rotatable bonds is 9. The van der Waals surface area contributed by atoms with Gasteiger partial charge in [-0.25, -0.2) is 9.97 Å². The number of carboxylic acids is 1. The molecule has 0 spiro atoms. The van der Waals surface area contributed by atoms with E-state index in [1.807, 2.05) is 31.2 Å². The fourth-order valence-electron chi connectivity index (χ4n) is 3.18. The first-order valence-electron chi connectivity index (χ1n) is 10.2. The van der Waals surface area contributed by atoms with Crippen molar-refractivity contribution in [1.82, 2.24) is 9.97 Å². The molecule has 0 amide bonds. The van der Waals surface area contributed by atoms with Gasteiger partial charge in [-0.1, -0.05) is 38.5 Å². The molecule has 30 heavy (non-hydrogen) atoms. The molecule has 1 aromatic carbocycles. The SMILES string of the molecule is CCCC=Cc1ccc(-c2nc(C)c(CC)c(Nc3ccc(CC(=O)O)cc3)n2)s1. The second-order valence-electron chi connectivity index (χ2n) is 7.10. The van der Waals surface area contributed by atoms with Gasteiger partial charge in [0, 0.05) is 21.8 Å². The summed E-state index contributed by atoms with van der Waals surface area (Å²) in [5.41, 5.74) is 3.68. The van der Waals surface area contributed by atoms with Crippen molar-refractivity contribution < 1.29 is 9.90 Å². The predicted molar refractivity (Wildman–Crippen MR) is 124 cm³/mol. The zero-order valence-electron chi connectivity index (χ0n) is 17.6. The summed E-state index contributed by atoms with van der Waals surface area (Å²) in [7, 11) is 0. The van der Waals surface area contributed by atoms with Crippen LogP contribution in [0.3, 0.4) is 0 Å². The first kappa shape index (κ1) is 21.7. The number of nitrogens with zero attached hydrogens (tertiary/aromatic N) is 2. The van der Waals surface area contributed by atoms with Crippen LogP contribution in [0.25, 0.3) is 16.8 Å². The van der Waals surface area contributed by atoms with Gasteiger partial charge >= 0.3 is 5.97 Å². The van der Waals surface area contributed by atoms with Gasteiger partial charge in [-0.05, 0) is 55.7 Å². The zero-order chi connectivity index (χ0) is 21.5. The molecule has 0 fully saturated rings. The lowest BCUT2D eigenvalue weighted by Gasteiger charge is -2.14. The molecule has 0 bridgehead atoms. The summed E-state index contributed by atoms with van der Waals surface area (Å²) in [5.74, 6) is 0.678.